The number of methoxy groups -OCH3 is 3. The lowest BCUT2D eigenvalue weighted by Gasteiger charge is -2.18. The largest absolute Gasteiger partial charge is 0.508 e. The summed E-state index contributed by atoms with van der Waals surface area (Å²) in [4.78, 5) is 12.7. The van der Waals surface area contributed by atoms with E-state index >= 15 is 0 Å². The molecule has 0 radical (unpaired) electrons. The Kier molecular flexibility index (Phi) is 4.87. The Bertz CT molecular complexity index is 941. The first-order chi connectivity index (χ1) is 14.0. The van der Waals surface area contributed by atoms with Gasteiger partial charge in [-0.25, -0.2) is 0 Å². The van der Waals surface area contributed by atoms with Gasteiger partial charge < -0.3 is 33.9 Å². The van der Waals surface area contributed by atoms with Crippen LogP contribution in [0, 0.1) is 11.8 Å². The van der Waals surface area contributed by atoms with Gasteiger partial charge in [0.15, 0.2) is 11.5 Å². The van der Waals surface area contributed by atoms with E-state index < -0.39 is 18.1 Å². The highest BCUT2D eigenvalue weighted by Crippen LogP contribution is 2.53. The SMILES string of the molecule is COc1cc(O)cc([C@@H]2OC[C@@H]3[C@H]2C(=O)O[C@H]3c2cc(O)c(OC)c(OC)c2)c1. The van der Waals surface area contributed by atoms with Crippen molar-refractivity contribution < 1.29 is 38.7 Å². The van der Waals surface area contributed by atoms with Crippen LogP contribution in [-0.4, -0.2) is 44.1 Å². The van der Waals surface area contributed by atoms with Gasteiger partial charge in [0.1, 0.15) is 17.6 Å². The average Bonchev–Trinajstić information content (AvgIpc) is 3.28. The van der Waals surface area contributed by atoms with Crippen molar-refractivity contribution in [3.05, 3.63) is 41.5 Å². The Balaban J connectivity index is 1.67. The summed E-state index contributed by atoms with van der Waals surface area (Å²) >= 11 is 0. The fourth-order valence-corrected chi connectivity index (χ4v) is 4.15. The third-order valence-electron chi connectivity index (χ3n) is 5.45. The zero-order chi connectivity index (χ0) is 20.7. The maximum atomic E-state index is 12.7. The highest BCUT2D eigenvalue weighted by atomic mass is 16.6. The standard InChI is InChI=1S/C21H22O8/c1-25-13-5-10(4-12(22)8-13)19-17-14(9-28-19)18(29-21(17)24)11-6-15(23)20(27-3)16(7-11)26-2/h4-8,14,17-19,22-23H,9H2,1-3H3/t14-,17-,18+,19+/m1/s1. The number of cyclic esters (lactones) is 1. The van der Waals surface area contributed by atoms with Gasteiger partial charge in [0.05, 0.1) is 40.0 Å². The van der Waals surface area contributed by atoms with Crippen molar-refractivity contribution in [2.24, 2.45) is 11.8 Å². The number of benzene rings is 2. The predicted octanol–water partition coefficient (Wildman–Crippen LogP) is 2.73. The molecule has 0 amide bonds. The molecule has 0 unspecified atom stereocenters. The van der Waals surface area contributed by atoms with E-state index in [1.165, 1.54) is 33.5 Å². The van der Waals surface area contributed by atoms with Crippen LogP contribution in [0.25, 0.3) is 0 Å². The quantitative estimate of drug-likeness (QED) is 0.736. The third-order valence-corrected chi connectivity index (χ3v) is 5.45. The molecule has 2 aliphatic rings. The van der Waals surface area contributed by atoms with Gasteiger partial charge in [-0.3, -0.25) is 4.79 Å². The van der Waals surface area contributed by atoms with Gasteiger partial charge >= 0.3 is 5.97 Å². The Hall–Kier alpha value is -3.13. The summed E-state index contributed by atoms with van der Waals surface area (Å²) in [6.45, 7) is 0.290. The molecule has 154 valence electrons. The molecule has 4 atom stereocenters. The number of ether oxygens (including phenoxy) is 5. The Labute approximate surface area is 167 Å². The first-order valence-corrected chi connectivity index (χ1v) is 9.11. The number of esters is 1. The summed E-state index contributed by atoms with van der Waals surface area (Å²) in [6, 6.07) is 7.96. The van der Waals surface area contributed by atoms with Gasteiger partial charge in [0.25, 0.3) is 0 Å². The molecule has 29 heavy (non-hydrogen) atoms. The summed E-state index contributed by atoms with van der Waals surface area (Å²) in [7, 11) is 4.40. The van der Waals surface area contributed by atoms with E-state index in [0.29, 0.717) is 29.2 Å². The predicted molar refractivity (Wildman–Crippen MR) is 100 cm³/mol. The summed E-state index contributed by atoms with van der Waals surface area (Å²) in [5.41, 5.74) is 1.24. The van der Waals surface area contributed by atoms with E-state index in [2.05, 4.69) is 0 Å². The molecule has 2 aromatic carbocycles. The van der Waals surface area contributed by atoms with Gasteiger partial charge in [-0.15, -0.1) is 0 Å². The normalized spacial score (nSPS) is 25.4. The molecule has 2 saturated heterocycles. The zero-order valence-electron chi connectivity index (χ0n) is 16.2. The van der Waals surface area contributed by atoms with E-state index in [1.54, 1.807) is 18.2 Å². The Morgan fingerprint density at radius 3 is 2.38 bits per heavy atom. The van der Waals surface area contributed by atoms with Gasteiger partial charge in [0, 0.05) is 17.5 Å². The van der Waals surface area contributed by atoms with Crippen molar-refractivity contribution in [2.45, 2.75) is 12.2 Å². The molecule has 0 aliphatic carbocycles. The Morgan fingerprint density at radius 2 is 1.69 bits per heavy atom. The van der Waals surface area contributed by atoms with E-state index in [1.807, 2.05) is 0 Å². The van der Waals surface area contributed by atoms with Gasteiger partial charge in [-0.1, -0.05) is 0 Å². The number of carbonyl (C=O) groups excluding carboxylic acids is 1. The minimum Gasteiger partial charge on any atom is -0.508 e. The molecule has 8 nitrogen and oxygen atoms in total. The number of rotatable bonds is 5. The number of phenolic OH excluding ortho intramolecular Hbond substituents is 2. The minimum atomic E-state index is -0.595. The lowest BCUT2D eigenvalue weighted by atomic mass is 9.84. The van der Waals surface area contributed by atoms with Gasteiger partial charge in [-0.2, -0.15) is 0 Å². The fraction of sp³-hybridized carbons (Fsp3) is 0.381. The lowest BCUT2D eigenvalue weighted by molar-refractivity contribution is -0.148. The number of fused-ring (bicyclic) bond motifs is 1. The summed E-state index contributed by atoms with van der Waals surface area (Å²) < 4.78 is 27.2. The second-order valence-corrected chi connectivity index (χ2v) is 7.04. The molecular formula is C21H22O8. The number of carbonyl (C=O) groups is 1. The van der Waals surface area contributed by atoms with Crippen LogP contribution in [0.4, 0.5) is 0 Å². The van der Waals surface area contributed by atoms with Crippen molar-refractivity contribution in [1.29, 1.82) is 0 Å². The maximum Gasteiger partial charge on any atom is 0.313 e. The molecule has 0 bridgehead atoms. The second kappa shape index (κ2) is 7.36. The molecule has 0 spiro atoms. The average molecular weight is 402 g/mol. The minimum absolute atomic E-state index is 0.0270. The second-order valence-electron chi connectivity index (χ2n) is 7.04. The molecule has 8 heteroatoms. The van der Waals surface area contributed by atoms with Crippen molar-refractivity contribution in [2.75, 3.05) is 27.9 Å². The number of hydrogen-bond donors (Lipinski definition) is 2. The van der Waals surface area contributed by atoms with E-state index in [4.69, 9.17) is 23.7 Å². The van der Waals surface area contributed by atoms with Crippen LogP contribution in [0.15, 0.2) is 30.3 Å². The molecule has 2 fully saturated rings. The third kappa shape index (κ3) is 3.19. The first kappa shape index (κ1) is 19.2. The van der Waals surface area contributed by atoms with Crippen molar-refractivity contribution in [3.8, 4) is 28.7 Å². The zero-order valence-corrected chi connectivity index (χ0v) is 16.2. The highest BCUT2D eigenvalue weighted by Gasteiger charge is 2.54. The van der Waals surface area contributed by atoms with E-state index in [-0.39, 0.29) is 29.1 Å². The van der Waals surface area contributed by atoms with Crippen LogP contribution < -0.4 is 14.2 Å². The van der Waals surface area contributed by atoms with E-state index in [9.17, 15) is 15.0 Å². The smallest absolute Gasteiger partial charge is 0.313 e. The number of aromatic hydroxyl groups is 2. The van der Waals surface area contributed by atoms with Crippen molar-refractivity contribution >= 4 is 5.97 Å². The molecule has 0 aromatic heterocycles. The number of phenols is 2. The van der Waals surface area contributed by atoms with Crippen LogP contribution >= 0.6 is 0 Å². The Morgan fingerprint density at radius 1 is 0.931 bits per heavy atom. The molecular weight excluding hydrogens is 380 g/mol. The monoisotopic (exact) mass is 402 g/mol. The maximum absolute atomic E-state index is 12.7. The first-order valence-electron chi connectivity index (χ1n) is 9.11. The lowest BCUT2D eigenvalue weighted by Crippen LogP contribution is -2.18. The summed E-state index contributed by atoms with van der Waals surface area (Å²) in [5.74, 6) is -0.229. The molecule has 2 heterocycles. The fourth-order valence-electron chi connectivity index (χ4n) is 4.15. The van der Waals surface area contributed by atoms with Gasteiger partial charge in [0.2, 0.25) is 5.75 Å². The molecule has 2 aromatic rings. The summed E-state index contributed by atoms with van der Waals surface area (Å²) in [5, 5.41) is 20.2. The van der Waals surface area contributed by atoms with Crippen LogP contribution in [0.1, 0.15) is 23.3 Å². The van der Waals surface area contributed by atoms with Crippen LogP contribution in [0.2, 0.25) is 0 Å². The highest BCUT2D eigenvalue weighted by molar-refractivity contribution is 5.77. The molecule has 2 aliphatic heterocycles. The van der Waals surface area contributed by atoms with Crippen LogP contribution in [-0.2, 0) is 14.3 Å². The van der Waals surface area contributed by atoms with Crippen molar-refractivity contribution in [3.63, 3.8) is 0 Å². The molecule has 0 saturated carbocycles. The molecule has 4 rings (SSSR count). The summed E-state index contributed by atoms with van der Waals surface area (Å²) in [6.07, 6.45) is -1.16. The van der Waals surface area contributed by atoms with E-state index in [0.717, 1.165) is 0 Å². The van der Waals surface area contributed by atoms with Crippen molar-refractivity contribution in [1.82, 2.24) is 0 Å². The number of hydrogen-bond acceptors (Lipinski definition) is 8. The van der Waals surface area contributed by atoms with Crippen LogP contribution in [0.5, 0.6) is 28.7 Å². The van der Waals surface area contributed by atoms with Crippen LogP contribution in [0.3, 0.4) is 0 Å². The topological polar surface area (TPSA) is 104 Å². The van der Waals surface area contributed by atoms with Gasteiger partial charge in [-0.05, 0) is 29.8 Å². The molecule has 2 N–H and O–H groups in total.